The molecule has 178 valence electrons. The molecular formula is C24H26N4O4S2. The number of nitrogens with zero attached hydrogens (tertiary/aromatic N) is 2. The number of likely N-dealkylation sites (N-methyl/N-ethyl adjacent to an activating group) is 1. The maximum Gasteiger partial charge on any atom is 0.265 e. The zero-order valence-corrected chi connectivity index (χ0v) is 20.4. The fraction of sp³-hybridized carbons (Fsp3) is 0.250. The fourth-order valence-electron chi connectivity index (χ4n) is 3.69. The first-order chi connectivity index (χ1) is 16.4. The molecule has 1 aromatic heterocycles. The number of hydrogen-bond donors (Lipinski definition) is 2. The van der Waals surface area contributed by atoms with E-state index in [-0.39, 0.29) is 16.7 Å². The van der Waals surface area contributed by atoms with Crippen molar-refractivity contribution >= 4 is 44.5 Å². The van der Waals surface area contributed by atoms with Crippen LogP contribution in [-0.4, -0.2) is 62.2 Å². The van der Waals surface area contributed by atoms with E-state index in [0.29, 0.717) is 34.9 Å². The molecule has 34 heavy (non-hydrogen) atoms. The molecule has 1 aliphatic rings. The minimum Gasteiger partial charge on any atom is -0.322 e. The van der Waals surface area contributed by atoms with Crippen molar-refractivity contribution in [2.45, 2.75) is 11.8 Å². The molecule has 0 aliphatic carbocycles. The molecule has 0 saturated carbocycles. The molecular weight excluding hydrogens is 472 g/mol. The van der Waals surface area contributed by atoms with Gasteiger partial charge >= 0.3 is 0 Å². The molecule has 3 aromatic rings. The highest BCUT2D eigenvalue weighted by Crippen LogP contribution is 2.21. The Morgan fingerprint density at radius 2 is 1.59 bits per heavy atom. The number of anilines is 2. The highest BCUT2D eigenvalue weighted by Gasteiger charge is 2.27. The summed E-state index contributed by atoms with van der Waals surface area (Å²) in [5.74, 6) is -0.598. The third kappa shape index (κ3) is 5.53. The molecule has 2 N–H and O–H groups in total. The summed E-state index contributed by atoms with van der Waals surface area (Å²) in [6.45, 7) is 5.34. The Bertz CT molecular complexity index is 1250. The van der Waals surface area contributed by atoms with E-state index in [2.05, 4.69) is 22.5 Å². The van der Waals surface area contributed by atoms with Crippen LogP contribution >= 0.6 is 11.3 Å². The normalized spacial score (nSPS) is 15.1. The number of thiophene rings is 1. The third-order valence-electron chi connectivity index (χ3n) is 5.66. The summed E-state index contributed by atoms with van der Waals surface area (Å²) in [5, 5.41) is 7.38. The quantitative estimate of drug-likeness (QED) is 0.519. The van der Waals surface area contributed by atoms with E-state index in [9.17, 15) is 18.0 Å². The number of piperazine rings is 1. The van der Waals surface area contributed by atoms with Gasteiger partial charge in [0.2, 0.25) is 10.0 Å². The van der Waals surface area contributed by atoms with Gasteiger partial charge in [0.25, 0.3) is 11.8 Å². The number of benzene rings is 2. The number of amides is 2. The first-order valence-electron chi connectivity index (χ1n) is 11.0. The van der Waals surface area contributed by atoms with Gasteiger partial charge in [0.15, 0.2) is 0 Å². The number of carbonyl (C=O) groups excluding carboxylic acids is 2. The first-order valence-corrected chi connectivity index (χ1v) is 13.3. The lowest BCUT2D eigenvalue weighted by Crippen LogP contribution is -2.48. The van der Waals surface area contributed by atoms with Gasteiger partial charge < -0.3 is 15.5 Å². The Kier molecular flexibility index (Phi) is 7.42. The molecule has 2 aromatic carbocycles. The molecule has 0 spiro atoms. The van der Waals surface area contributed by atoms with E-state index >= 15 is 0 Å². The summed E-state index contributed by atoms with van der Waals surface area (Å²) in [6, 6.07) is 16.3. The largest absolute Gasteiger partial charge is 0.322 e. The van der Waals surface area contributed by atoms with Crippen molar-refractivity contribution in [1.29, 1.82) is 0 Å². The lowest BCUT2D eigenvalue weighted by molar-refractivity contribution is 0.101. The first kappa shape index (κ1) is 24.1. The van der Waals surface area contributed by atoms with Crippen molar-refractivity contribution in [3.05, 3.63) is 76.5 Å². The second-order valence-corrected chi connectivity index (χ2v) is 10.7. The van der Waals surface area contributed by atoms with Crippen LogP contribution in [0.25, 0.3) is 0 Å². The molecule has 10 heteroatoms. The molecule has 8 nitrogen and oxygen atoms in total. The van der Waals surface area contributed by atoms with Crippen LogP contribution in [-0.2, 0) is 10.0 Å². The molecule has 1 saturated heterocycles. The maximum absolute atomic E-state index is 12.9. The molecule has 1 aliphatic heterocycles. The van der Waals surface area contributed by atoms with Crippen LogP contribution in [0, 0.1) is 0 Å². The van der Waals surface area contributed by atoms with Gasteiger partial charge in [-0.1, -0.05) is 19.1 Å². The van der Waals surface area contributed by atoms with Gasteiger partial charge in [-0.25, -0.2) is 8.42 Å². The van der Waals surface area contributed by atoms with Gasteiger partial charge in [0.1, 0.15) is 0 Å². The summed E-state index contributed by atoms with van der Waals surface area (Å²) in [5.41, 5.74) is 1.36. The molecule has 1 fully saturated rings. The number of carbonyl (C=O) groups is 2. The van der Waals surface area contributed by atoms with Gasteiger partial charge in [-0.15, -0.1) is 11.3 Å². The van der Waals surface area contributed by atoms with Crippen LogP contribution in [0.1, 0.15) is 27.0 Å². The van der Waals surface area contributed by atoms with E-state index < -0.39 is 10.0 Å². The highest BCUT2D eigenvalue weighted by atomic mass is 32.2. The van der Waals surface area contributed by atoms with Gasteiger partial charge in [-0.2, -0.15) is 4.31 Å². The molecule has 0 bridgehead atoms. The Morgan fingerprint density at radius 3 is 2.24 bits per heavy atom. The van der Waals surface area contributed by atoms with Crippen molar-refractivity contribution in [3.63, 3.8) is 0 Å². The van der Waals surface area contributed by atoms with Crippen LogP contribution in [0.5, 0.6) is 0 Å². The number of sulfonamides is 1. The topological polar surface area (TPSA) is 98.8 Å². The SMILES string of the molecule is CCN1CCN(S(=O)(=O)c2ccc(NC(=O)c3cccc(NC(=O)c4cccs4)c3)cc2)CC1. The average Bonchev–Trinajstić information content (AvgIpc) is 3.40. The summed E-state index contributed by atoms with van der Waals surface area (Å²) in [4.78, 5) is 28.0. The monoisotopic (exact) mass is 498 g/mol. The Balaban J connectivity index is 1.40. The Morgan fingerprint density at radius 1 is 0.882 bits per heavy atom. The lowest BCUT2D eigenvalue weighted by atomic mass is 10.1. The minimum atomic E-state index is -3.57. The van der Waals surface area contributed by atoms with Crippen LogP contribution in [0.3, 0.4) is 0 Å². The number of rotatable bonds is 7. The van der Waals surface area contributed by atoms with Crippen molar-refractivity contribution in [1.82, 2.24) is 9.21 Å². The predicted molar refractivity (Wildman–Crippen MR) is 134 cm³/mol. The third-order valence-corrected chi connectivity index (χ3v) is 8.44. The maximum atomic E-state index is 12.9. The van der Waals surface area contributed by atoms with Gasteiger partial charge in [-0.05, 0) is 60.5 Å². The summed E-state index contributed by atoms with van der Waals surface area (Å²) >= 11 is 1.34. The number of hydrogen-bond acceptors (Lipinski definition) is 6. The zero-order chi connectivity index (χ0) is 24.1. The van der Waals surface area contributed by atoms with Crippen molar-refractivity contribution in [3.8, 4) is 0 Å². The van der Waals surface area contributed by atoms with Crippen molar-refractivity contribution in [2.24, 2.45) is 0 Å². The summed E-state index contributed by atoms with van der Waals surface area (Å²) in [6.07, 6.45) is 0. The summed E-state index contributed by atoms with van der Waals surface area (Å²) < 4.78 is 27.4. The van der Waals surface area contributed by atoms with Crippen LogP contribution < -0.4 is 10.6 Å². The molecule has 0 atom stereocenters. The lowest BCUT2D eigenvalue weighted by Gasteiger charge is -2.33. The van der Waals surface area contributed by atoms with Crippen LogP contribution in [0.2, 0.25) is 0 Å². The Hall–Kier alpha value is -3.05. The molecule has 0 unspecified atom stereocenters. The summed E-state index contributed by atoms with van der Waals surface area (Å²) in [7, 11) is -3.57. The van der Waals surface area contributed by atoms with Gasteiger partial charge in [0, 0.05) is 43.1 Å². The van der Waals surface area contributed by atoms with E-state index in [1.165, 1.54) is 27.8 Å². The highest BCUT2D eigenvalue weighted by molar-refractivity contribution is 7.89. The second kappa shape index (κ2) is 10.5. The molecule has 0 radical (unpaired) electrons. The number of nitrogens with one attached hydrogen (secondary N) is 2. The van der Waals surface area contributed by atoms with E-state index in [1.54, 1.807) is 48.5 Å². The van der Waals surface area contributed by atoms with E-state index in [4.69, 9.17) is 0 Å². The Labute approximate surface area is 203 Å². The fourth-order valence-corrected chi connectivity index (χ4v) is 5.73. The van der Waals surface area contributed by atoms with Gasteiger partial charge in [0.05, 0.1) is 9.77 Å². The zero-order valence-electron chi connectivity index (χ0n) is 18.7. The van der Waals surface area contributed by atoms with Gasteiger partial charge in [-0.3, -0.25) is 9.59 Å². The molecule has 4 rings (SSSR count). The molecule has 2 amide bonds. The second-order valence-electron chi connectivity index (χ2n) is 7.83. The smallest absolute Gasteiger partial charge is 0.265 e. The van der Waals surface area contributed by atoms with Crippen molar-refractivity contribution < 1.29 is 18.0 Å². The van der Waals surface area contributed by atoms with Crippen LogP contribution in [0.15, 0.2) is 70.9 Å². The average molecular weight is 499 g/mol. The van der Waals surface area contributed by atoms with E-state index in [0.717, 1.165) is 19.6 Å². The van der Waals surface area contributed by atoms with Crippen molar-refractivity contribution in [2.75, 3.05) is 43.4 Å². The van der Waals surface area contributed by atoms with E-state index in [1.807, 2.05) is 5.38 Å². The standard InChI is InChI=1S/C24H26N4O4S2/c1-2-27-12-14-28(15-13-27)34(31,32)21-10-8-19(9-11-21)25-23(29)18-5-3-6-20(17-18)26-24(30)22-7-4-16-33-22/h3-11,16-17H,2,12-15H2,1H3,(H,25,29)(H,26,30). The predicted octanol–water partition coefficient (Wildman–Crippen LogP) is 3.58. The minimum absolute atomic E-state index is 0.203. The van der Waals surface area contributed by atoms with Crippen LogP contribution in [0.4, 0.5) is 11.4 Å². The molecule has 2 heterocycles.